The van der Waals surface area contributed by atoms with Crippen LogP contribution in [0.4, 0.5) is 0 Å². The van der Waals surface area contributed by atoms with Crippen LogP contribution in [0.1, 0.15) is 42.3 Å². The third-order valence-electron chi connectivity index (χ3n) is 3.84. The maximum absolute atomic E-state index is 12.5. The molecule has 1 atom stereocenters. The second kappa shape index (κ2) is 6.98. The SMILES string of the molecule is CO[C@@H](CNS(=O)(=O)c1ccc(C)c(C(=O)O)c1C)C(C)(C)C. The molecule has 0 saturated carbocycles. The van der Waals surface area contributed by atoms with E-state index in [0.29, 0.717) is 5.56 Å². The molecule has 7 heteroatoms. The first-order chi connectivity index (χ1) is 10.4. The van der Waals surface area contributed by atoms with Crippen molar-refractivity contribution in [1.29, 1.82) is 0 Å². The van der Waals surface area contributed by atoms with E-state index in [-0.39, 0.29) is 34.1 Å². The molecule has 23 heavy (non-hydrogen) atoms. The molecule has 2 N–H and O–H groups in total. The highest BCUT2D eigenvalue weighted by Crippen LogP contribution is 2.24. The molecule has 0 heterocycles. The fourth-order valence-corrected chi connectivity index (χ4v) is 3.73. The van der Waals surface area contributed by atoms with E-state index in [2.05, 4.69) is 4.72 Å². The standard InChI is InChI=1S/C16H25NO5S/c1-10-7-8-12(11(2)14(10)15(18)19)23(20,21)17-9-13(22-6)16(3,4)5/h7-8,13,17H,9H2,1-6H3,(H,18,19)/t13-/m0/s1. The Morgan fingerprint density at radius 1 is 1.30 bits per heavy atom. The lowest BCUT2D eigenvalue weighted by Gasteiger charge is -2.29. The number of ether oxygens (including phenoxy) is 1. The van der Waals surface area contributed by atoms with Crippen LogP contribution in [0, 0.1) is 19.3 Å². The first-order valence-corrected chi connectivity index (χ1v) is 8.76. The molecule has 0 saturated heterocycles. The van der Waals surface area contributed by atoms with Crippen molar-refractivity contribution in [3.63, 3.8) is 0 Å². The van der Waals surface area contributed by atoms with Crippen LogP contribution >= 0.6 is 0 Å². The van der Waals surface area contributed by atoms with Gasteiger partial charge in [-0.2, -0.15) is 0 Å². The number of benzene rings is 1. The summed E-state index contributed by atoms with van der Waals surface area (Å²) >= 11 is 0. The fraction of sp³-hybridized carbons (Fsp3) is 0.562. The van der Waals surface area contributed by atoms with Gasteiger partial charge in [-0.3, -0.25) is 0 Å². The first kappa shape index (κ1) is 19.6. The van der Waals surface area contributed by atoms with Crippen molar-refractivity contribution in [1.82, 2.24) is 4.72 Å². The summed E-state index contributed by atoms with van der Waals surface area (Å²) in [5.74, 6) is -1.14. The molecule has 0 radical (unpaired) electrons. The molecule has 0 aliphatic carbocycles. The molecular weight excluding hydrogens is 318 g/mol. The van der Waals surface area contributed by atoms with Crippen LogP contribution in [0.25, 0.3) is 0 Å². The van der Waals surface area contributed by atoms with Crippen molar-refractivity contribution < 1.29 is 23.1 Å². The minimum Gasteiger partial charge on any atom is -0.478 e. The molecule has 130 valence electrons. The molecule has 0 aromatic heterocycles. The van der Waals surface area contributed by atoms with E-state index in [0.717, 1.165) is 0 Å². The van der Waals surface area contributed by atoms with Gasteiger partial charge in [-0.1, -0.05) is 26.8 Å². The Balaban J connectivity index is 3.16. The van der Waals surface area contributed by atoms with E-state index in [4.69, 9.17) is 4.74 Å². The number of hydrogen-bond donors (Lipinski definition) is 2. The monoisotopic (exact) mass is 343 g/mol. The van der Waals surface area contributed by atoms with Crippen LogP contribution in [-0.2, 0) is 14.8 Å². The predicted octanol–water partition coefficient (Wildman–Crippen LogP) is 2.34. The molecule has 0 bridgehead atoms. The van der Waals surface area contributed by atoms with Crippen molar-refractivity contribution in [2.75, 3.05) is 13.7 Å². The van der Waals surface area contributed by atoms with Crippen molar-refractivity contribution in [2.24, 2.45) is 5.41 Å². The van der Waals surface area contributed by atoms with Crippen LogP contribution < -0.4 is 4.72 Å². The number of aromatic carboxylic acids is 1. The Labute approximate surface area is 137 Å². The zero-order chi connectivity index (χ0) is 18.0. The summed E-state index contributed by atoms with van der Waals surface area (Å²) in [6.07, 6.45) is -0.304. The summed E-state index contributed by atoms with van der Waals surface area (Å²) in [6.45, 7) is 9.11. The zero-order valence-electron chi connectivity index (χ0n) is 14.4. The summed E-state index contributed by atoms with van der Waals surface area (Å²) in [4.78, 5) is 11.3. The second-order valence-electron chi connectivity index (χ2n) is 6.63. The minimum atomic E-state index is -3.82. The minimum absolute atomic E-state index is 0.0204. The van der Waals surface area contributed by atoms with Gasteiger partial charge >= 0.3 is 5.97 Å². The second-order valence-corrected chi connectivity index (χ2v) is 8.36. The summed E-state index contributed by atoms with van der Waals surface area (Å²) in [5, 5.41) is 9.26. The topological polar surface area (TPSA) is 92.7 Å². The summed E-state index contributed by atoms with van der Waals surface area (Å²) in [5.41, 5.74) is 0.548. The van der Waals surface area contributed by atoms with E-state index in [1.54, 1.807) is 6.92 Å². The van der Waals surface area contributed by atoms with Gasteiger partial charge in [0.05, 0.1) is 16.6 Å². The molecule has 1 aromatic rings. The Morgan fingerprint density at radius 3 is 2.30 bits per heavy atom. The molecule has 0 amide bonds. The maximum Gasteiger partial charge on any atom is 0.336 e. The van der Waals surface area contributed by atoms with Crippen LogP contribution in [0.5, 0.6) is 0 Å². The van der Waals surface area contributed by atoms with E-state index in [1.807, 2.05) is 20.8 Å². The Bertz CT molecular complexity index is 689. The number of rotatable bonds is 6. The van der Waals surface area contributed by atoms with Crippen molar-refractivity contribution in [3.8, 4) is 0 Å². The third kappa shape index (κ3) is 4.53. The predicted molar refractivity (Wildman–Crippen MR) is 88.3 cm³/mol. The van der Waals surface area contributed by atoms with Gasteiger partial charge in [0.1, 0.15) is 0 Å². The summed E-state index contributed by atoms with van der Waals surface area (Å²) in [7, 11) is -2.29. The number of nitrogens with one attached hydrogen (secondary N) is 1. The van der Waals surface area contributed by atoms with Crippen molar-refractivity contribution >= 4 is 16.0 Å². The van der Waals surface area contributed by atoms with Gasteiger partial charge < -0.3 is 9.84 Å². The van der Waals surface area contributed by atoms with Gasteiger partial charge in [-0.05, 0) is 36.5 Å². The van der Waals surface area contributed by atoms with E-state index >= 15 is 0 Å². The highest BCUT2D eigenvalue weighted by molar-refractivity contribution is 7.89. The van der Waals surface area contributed by atoms with E-state index in [1.165, 1.54) is 26.2 Å². The number of aryl methyl sites for hydroxylation is 1. The molecule has 6 nitrogen and oxygen atoms in total. The fourth-order valence-electron chi connectivity index (χ4n) is 2.45. The molecule has 0 aliphatic heterocycles. The molecule has 0 fully saturated rings. The summed E-state index contributed by atoms with van der Waals surface area (Å²) in [6, 6.07) is 2.93. The van der Waals surface area contributed by atoms with Gasteiger partial charge in [0.25, 0.3) is 0 Å². The number of hydrogen-bond acceptors (Lipinski definition) is 4. The van der Waals surface area contributed by atoms with Crippen molar-refractivity contribution in [3.05, 3.63) is 28.8 Å². The third-order valence-corrected chi connectivity index (χ3v) is 5.40. The maximum atomic E-state index is 12.5. The number of methoxy groups -OCH3 is 1. The summed E-state index contributed by atoms with van der Waals surface area (Å²) < 4.78 is 32.9. The lowest BCUT2D eigenvalue weighted by atomic mass is 9.89. The van der Waals surface area contributed by atoms with Crippen LogP contribution in [0.3, 0.4) is 0 Å². The quantitative estimate of drug-likeness (QED) is 0.827. The highest BCUT2D eigenvalue weighted by Gasteiger charge is 2.28. The van der Waals surface area contributed by atoms with Crippen LogP contribution in [0.2, 0.25) is 0 Å². The largest absolute Gasteiger partial charge is 0.478 e. The average Bonchev–Trinajstić information content (AvgIpc) is 2.36. The van der Waals surface area contributed by atoms with Gasteiger partial charge in [0.15, 0.2) is 0 Å². The molecule has 0 unspecified atom stereocenters. The van der Waals surface area contributed by atoms with Gasteiger partial charge in [-0.15, -0.1) is 0 Å². The van der Waals surface area contributed by atoms with Crippen molar-refractivity contribution in [2.45, 2.75) is 45.6 Å². The van der Waals surface area contributed by atoms with Gasteiger partial charge in [0, 0.05) is 13.7 Å². The number of sulfonamides is 1. The van der Waals surface area contributed by atoms with E-state index in [9.17, 15) is 18.3 Å². The van der Waals surface area contributed by atoms with Crippen LogP contribution in [0.15, 0.2) is 17.0 Å². The smallest absolute Gasteiger partial charge is 0.336 e. The zero-order valence-corrected chi connectivity index (χ0v) is 15.2. The first-order valence-electron chi connectivity index (χ1n) is 7.27. The molecule has 1 aromatic carbocycles. The average molecular weight is 343 g/mol. The Morgan fingerprint density at radius 2 is 1.87 bits per heavy atom. The molecule has 0 aliphatic rings. The number of carboxylic acids is 1. The molecular formula is C16H25NO5S. The molecule has 0 spiro atoms. The Kier molecular flexibility index (Phi) is 5.95. The lowest BCUT2D eigenvalue weighted by Crippen LogP contribution is -2.40. The van der Waals surface area contributed by atoms with E-state index < -0.39 is 16.0 Å². The molecule has 1 rings (SSSR count). The van der Waals surface area contributed by atoms with Gasteiger partial charge in [0.2, 0.25) is 10.0 Å². The Hall–Kier alpha value is -1.44. The normalized spacial score (nSPS) is 13.8. The lowest BCUT2D eigenvalue weighted by molar-refractivity contribution is 0.0212. The number of carboxylic acid groups (broad SMARTS) is 1. The number of carbonyl (C=O) groups is 1. The highest BCUT2D eigenvalue weighted by atomic mass is 32.2. The van der Waals surface area contributed by atoms with Gasteiger partial charge in [-0.25, -0.2) is 17.9 Å². The van der Waals surface area contributed by atoms with Crippen LogP contribution in [-0.4, -0.2) is 39.3 Å².